The van der Waals surface area contributed by atoms with Crippen molar-refractivity contribution in [2.45, 2.75) is 13.1 Å². The van der Waals surface area contributed by atoms with Gasteiger partial charge in [-0.1, -0.05) is 13.0 Å². The van der Waals surface area contributed by atoms with Crippen LogP contribution in [0.4, 0.5) is 18.9 Å². The molecule has 1 amide bonds. The van der Waals surface area contributed by atoms with E-state index < -0.39 is 23.6 Å². The van der Waals surface area contributed by atoms with E-state index in [4.69, 9.17) is 4.74 Å². The molecule has 0 bridgehead atoms. The van der Waals surface area contributed by atoms with Gasteiger partial charge in [0, 0.05) is 0 Å². The largest absolute Gasteiger partial charge is 0.491 e. The quantitative estimate of drug-likeness (QED) is 0.763. The number of carbonyl (C=O) groups excluding carboxylic acids is 1. The molecule has 0 aromatic heterocycles. The third-order valence-electron chi connectivity index (χ3n) is 2.52. The Hall–Kier alpha value is -1.72. The number of nitrogens with one attached hydrogen (secondary N) is 1. The van der Waals surface area contributed by atoms with Gasteiger partial charge in [-0.2, -0.15) is 13.2 Å². The summed E-state index contributed by atoms with van der Waals surface area (Å²) in [7, 11) is 0. The van der Waals surface area contributed by atoms with E-state index in [2.05, 4.69) is 5.32 Å². The van der Waals surface area contributed by atoms with E-state index in [1.54, 1.807) is 6.92 Å². The number of carbonyl (C=O) groups is 1. The first-order valence-corrected chi connectivity index (χ1v) is 5.03. The Morgan fingerprint density at radius 2 is 2.12 bits per heavy atom. The van der Waals surface area contributed by atoms with Crippen LogP contribution < -0.4 is 10.1 Å². The summed E-state index contributed by atoms with van der Waals surface area (Å²) < 4.78 is 43.4. The summed E-state index contributed by atoms with van der Waals surface area (Å²) in [5.41, 5.74) is -1.19. The first-order chi connectivity index (χ1) is 7.89. The lowest BCUT2D eigenvalue weighted by Crippen LogP contribution is -2.23. The first-order valence-electron chi connectivity index (χ1n) is 5.03. The zero-order valence-electron chi connectivity index (χ0n) is 8.97. The molecule has 92 valence electrons. The van der Waals surface area contributed by atoms with Gasteiger partial charge in [0.1, 0.15) is 5.75 Å². The van der Waals surface area contributed by atoms with Crippen LogP contribution in [0.15, 0.2) is 18.2 Å². The van der Waals surface area contributed by atoms with E-state index in [1.807, 2.05) is 0 Å². The summed E-state index contributed by atoms with van der Waals surface area (Å²) in [5, 5.41) is 2.26. The van der Waals surface area contributed by atoms with Crippen LogP contribution >= 0.6 is 0 Å². The highest BCUT2D eigenvalue weighted by molar-refractivity contribution is 5.95. The van der Waals surface area contributed by atoms with Gasteiger partial charge in [-0.3, -0.25) is 4.79 Å². The average Bonchev–Trinajstić information content (AvgIpc) is 2.38. The summed E-state index contributed by atoms with van der Waals surface area (Å²) in [6.07, 6.45) is -4.52. The normalized spacial score (nSPS) is 20.0. The number of amides is 1. The minimum Gasteiger partial charge on any atom is -0.491 e. The Morgan fingerprint density at radius 3 is 2.76 bits per heavy atom. The van der Waals surface area contributed by atoms with Crippen molar-refractivity contribution >= 4 is 11.6 Å². The smallest absolute Gasteiger partial charge is 0.418 e. The maximum absolute atomic E-state index is 12.7. The highest BCUT2D eigenvalue weighted by atomic mass is 19.4. The monoisotopic (exact) mass is 245 g/mol. The molecule has 0 spiro atoms. The number of alkyl halides is 3. The second kappa shape index (κ2) is 3.94. The molecule has 0 saturated heterocycles. The van der Waals surface area contributed by atoms with Gasteiger partial charge in [0.15, 0.2) is 0 Å². The van der Waals surface area contributed by atoms with Gasteiger partial charge in [-0.05, 0) is 12.1 Å². The molecule has 1 aliphatic heterocycles. The Kier molecular flexibility index (Phi) is 2.73. The second-order valence-corrected chi connectivity index (χ2v) is 3.88. The van der Waals surface area contributed by atoms with Crippen molar-refractivity contribution in [1.29, 1.82) is 0 Å². The molecular formula is C11H10F3NO2. The Bertz CT molecular complexity index is 457. The molecule has 1 N–H and O–H groups in total. The Morgan fingerprint density at radius 1 is 1.41 bits per heavy atom. The molecule has 1 aliphatic rings. The molecule has 3 nitrogen and oxygen atoms in total. The number of hydrogen-bond acceptors (Lipinski definition) is 2. The van der Waals surface area contributed by atoms with E-state index in [1.165, 1.54) is 12.1 Å². The summed E-state index contributed by atoms with van der Waals surface area (Å²) in [6.45, 7) is 1.66. The van der Waals surface area contributed by atoms with E-state index >= 15 is 0 Å². The summed E-state index contributed by atoms with van der Waals surface area (Å²) >= 11 is 0. The topological polar surface area (TPSA) is 38.3 Å². The molecule has 17 heavy (non-hydrogen) atoms. The molecule has 1 aromatic carbocycles. The average molecular weight is 245 g/mol. The SMILES string of the molecule is CC1COc2cccc(C(F)(F)F)c2NC1=O. The fourth-order valence-electron chi connectivity index (χ4n) is 1.55. The number of fused-ring (bicyclic) bond motifs is 1. The summed E-state index contributed by atoms with van der Waals surface area (Å²) in [4.78, 5) is 11.5. The van der Waals surface area contributed by atoms with Gasteiger partial charge in [0.05, 0.1) is 23.8 Å². The van der Waals surface area contributed by atoms with Gasteiger partial charge < -0.3 is 10.1 Å². The zero-order chi connectivity index (χ0) is 12.6. The zero-order valence-corrected chi connectivity index (χ0v) is 8.97. The van der Waals surface area contributed by atoms with Crippen LogP contribution in [0.25, 0.3) is 0 Å². The molecule has 0 fully saturated rings. The molecule has 1 unspecified atom stereocenters. The first kappa shape index (κ1) is 11.8. The van der Waals surface area contributed by atoms with Crippen LogP contribution in [0.2, 0.25) is 0 Å². The molecular weight excluding hydrogens is 235 g/mol. The van der Waals surface area contributed by atoms with Gasteiger partial charge in [-0.15, -0.1) is 0 Å². The van der Waals surface area contributed by atoms with Crippen LogP contribution in [0.5, 0.6) is 5.75 Å². The van der Waals surface area contributed by atoms with E-state index in [0.29, 0.717) is 0 Å². The number of rotatable bonds is 0. The molecule has 0 aliphatic carbocycles. The second-order valence-electron chi connectivity index (χ2n) is 3.88. The van der Waals surface area contributed by atoms with Crippen molar-refractivity contribution in [3.8, 4) is 5.75 Å². The fraction of sp³-hybridized carbons (Fsp3) is 0.364. The standard InChI is InChI=1S/C11H10F3NO2/c1-6-5-17-8-4-2-3-7(11(12,13)14)9(8)15-10(6)16/h2-4,6H,5H2,1H3,(H,15,16). The van der Waals surface area contributed by atoms with E-state index in [9.17, 15) is 18.0 Å². The highest BCUT2D eigenvalue weighted by Gasteiger charge is 2.36. The number of para-hydroxylation sites is 1. The van der Waals surface area contributed by atoms with Crippen molar-refractivity contribution in [1.82, 2.24) is 0 Å². The molecule has 0 saturated carbocycles. The van der Waals surface area contributed by atoms with Crippen molar-refractivity contribution in [3.05, 3.63) is 23.8 Å². The lowest BCUT2D eigenvalue weighted by atomic mass is 10.1. The molecule has 1 heterocycles. The fourth-order valence-corrected chi connectivity index (χ4v) is 1.55. The maximum Gasteiger partial charge on any atom is 0.418 e. The highest BCUT2D eigenvalue weighted by Crippen LogP contribution is 2.40. The maximum atomic E-state index is 12.7. The van der Waals surface area contributed by atoms with Crippen molar-refractivity contribution in [2.75, 3.05) is 11.9 Å². The van der Waals surface area contributed by atoms with Gasteiger partial charge in [-0.25, -0.2) is 0 Å². The number of anilines is 1. The van der Waals surface area contributed by atoms with Crippen LogP contribution in [0.1, 0.15) is 12.5 Å². The number of halogens is 3. The Balaban J connectivity index is 2.51. The minimum atomic E-state index is -4.52. The lowest BCUT2D eigenvalue weighted by molar-refractivity contribution is -0.137. The summed E-state index contributed by atoms with van der Waals surface area (Å²) in [6, 6.07) is 3.57. The lowest BCUT2D eigenvalue weighted by Gasteiger charge is -2.14. The van der Waals surface area contributed by atoms with Crippen LogP contribution in [-0.2, 0) is 11.0 Å². The third kappa shape index (κ3) is 2.20. The number of ether oxygens (including phenoxy) is 1. The van der Waals surface area contributed by atoms with Crippen molar-refractivity contribution in [2.24, 2.45) is 5.92 Å². The molecule has 0 radical (unpaired) electrons. The molecule has 6 heteroatoms. The molecule has 1 aromatic rings. The number of benzene rings is 1. The summed E-state index contributed by atoms with van der Waals surface area (Å²) in [5.74, 6) is -0.901. The van der Waals surface area contributed by atoms with Gasteiger partial charge in [0.25, 0.3) is 0 Å². The van der Waals surface area contributed by atoms with Crippen LogP contribution in [-0.4, -0.2) is 12.5 Å². The van der Waals surface area contributed by atoms with Crippen LogP contribution in [0, 0.1) is 5.92 Å². The van der Waals surface area contributed by atoms with Crippen molar-refractivity contribution in [3.63, 3.8) is 0 Å². The third-order valence-corrected chi connectivity index (χ3v) is 2.52. The van der Waals surface area contributed by atoms with E-state index in [-0.39, 0.29) is 18.0 Å². The number of hydrogen-bond donors (Lipinski definition) is 1. The Labute approximate surface area is 95.6 Å². The van der Waals surface area contributed by atoms with Crippen molar-refractivity contribution < 1.29 is 22.7 Å². The minimum absolute atomic E-state index is 0.0533. The molecule has 1 atom stereocenters. The van der Waals surface area contributed by atoms with Gasteiger partial charge >= 0.3 is 6.18 Å². The predicted octanol–water partition coefficient (Wildman–Crippen LogP) is 2.67. The molecule has 2 rings (SSSR count). The van der Waals surface area contributed by atoms with E-state index in [0.717, 1.165) is 6.07 Å². The van der Waals surface area contributed by atoms with Gasteiger partial charge in [0.2, 0.25) is 5.91 Å². The predicted molar refractivity (Wildman–Crippen MR) is 54.7 cm³/mol. The van der Waals surface area contributed by atoms with Crippen LogP contribution in [0.3, 0.4) is 0 Å².